The Hall–Kier alpha value is -1.49. The molecule has 2 fully saturated rings. The molecule has 0 radical (unpaired) electrons. The summed E-state index contributed by atoms with van der Waals surface area (Å²) < 4.78 is 0. The zero-order valence-corrected chi connectivity index (χ0v) is 8.97. The fourth-order valence-electron chi connectivity index (χ4n) is 2.61. The van der Waals surface area contributed by atoms with Gasteiger partial charge in [0.15, 0.2) is 0 Å². The van der Waals surface area contributed by atoms with Crippen LogP contribution in [0.25, 0.3) is 0 Å². The van der Waals surface area contributed by atoms with Gasteiger partial charge in [0, 0.05) is 38.6 Å². The van der Waals surface area contributed by atoms with E-state index in [4.69, 9.17) is 0 Å². The monoisotopic (exact) mass is 218 g/mol. The molecule has 3 heterocycles. The third kappa shape index (κ3) is 1.57. The summed E-state index contributed by atoms with van der Waals surface area (Å²) in [5.41, 5.74) is 0.593. The van der Waals surface area contributed by atoms with Crippen LogP contribution >= 0.6 is 0 Å². The van der Waals surface area contributed by atoms with E-state index in [9.17, 15) is 4.79 Å². The van der Waals surface area contributed by atoms with Crippen LogP contribution < -0.4 is 5.32 Å². The number of rotatable bonds is 1. The smallest absolute Gasteiger partial charge is 0.257 e. The molecule has 1 aromatic rings. The standard InChI is InChI=1S/C11H14N4O/c16-11(8-1-13-7-14-2-8)15-5-9-3-12-4-10(9)6-15/h1-2,7,9-10,12H,3-6H2/t9-,10+. The molecule has 1 N–H and O–H groups in total. The molecule has 1 amide bonds. The van der Waals surface area contributed by atoms with E-state index in [1.54, 1.807) is 12.4 Å². The van der Waals surface area contributed by atoms with Crippen LogP contribution in [-0.2, 0) is 0 Å². The molecule has 0 saturated carbocycles. The van der Waals surface area contributed by atoms with Crippen LogP contribution in [0.3, 0.4) is 0 Å². The van der Waals surface area contributed by atoms with Gasteiger partial charge in [0.25, 0.3) is 5.91 Å². The number of hydrogen-bond acceptors (Lipinski definition) is 4. The molecular formula is C11H14N4O. The second kappa shape index (κ2) is 3.83. The van der Waals surface area contributed by atoms with Crippen LogP contribution in [0, 0.1) is 11.8 Å². The van der Waals surface area contributed by atoms with Crippen molar-refractivity contribution in [3.8, 4) is 0 Å². The first-order valence-corrected chi connectivity index (χ1v) is 5.59. The number of fused-ring (bicyclic) bond motifs is 1. The Kier molecular flexibility index (Phi) is 2.32. The Morgan fingerprint density at radius 2 is 1.88 bits per heavy atom. The highest BCUT2D eigenvalue weighted by molar-refractivity contribution is 5.93. The normalized spacial score (nSPS) is 28.1. The summed E-state index contributed by atoms with van der Waals surface area (Å²) >= 11 is 0. The minimum atomic E-state index is 0.0648. The number of carbonyl (C=O) groups is 1. The second-order valence-corrected chi connectivity index (χ2v) is 4.52. The Morgan fingerprint density at radius 1 is 1.25 bits per heavy atom. The first-order valence-electron chi connectivity index (χ1n) is 5.59. The average Bonchev–Trinajstić information content (AvgIpc) is 2.89. The van der Waals surface area contributed by atoms with Gasteiger partial charge in [-0.25, -0.2) is 9.97 Å². The maximum atomic E-state index is 12.1. The highest BCUT2D eigenvalue weighted by Crippen LogP contribution is 2.27. The first-order chi connectivity index (χ1) is 7.84. The van der Waals surface area contributed by atoms with Gasteiger partial charge in [-0.15, -0.1) is 0 Å². The molecule has 3 rings (SSSR count). The summed E-state index contributed by atoms with van der Waals surface area (Å²) in [6.07, 6.45) is 4.61. The van der Waals surface area contributed by atoms with E-state index >= 15 is 0 Å². The van der Waals surface area contributed by atoms with Crippen molar-refractivity contribution in [3.63, 3.8) is 0 Å². The van der Waals surface area contributed by atoms with Gasteiger partial charge in [0.1, 0.15) is 6.33 Å². The molecule has 5 nitrogen and oxygen atoms in total. The molecular weight excluding hydrogens is 204 g/mol. The van der Waals surface area contributed by atoms with Crippen molar-refractivity contribution in [1.29, 1.82) is 0 Å². The van der Waals surface area contributed by atoms with Crippen LogP contribution in [-0.4, -0.2) is 47.0 Å². The van der Waals surface area contributed by atoms with Gasteiger partial charge in [0.2, 0.25) is 0 Å². The molecule has 84 valence electrons. The van der Waals surface area contributed by atoms with E-state index in [0.29, 0.717) is 17.4 Å². The predicted octanol–water partition coefficient (Wildman–Crippen LogP) is -0.232. The first kappa shape index (κ1) is 9.72. The lowest BCUT2D eigenvalue weighted by atomic mass is 10.0. The number of nitrogens with zero attached hydrogens (tertiary/aromatic N) is 3. The quantitative estimate of drug-likeness (QED) is 0.707. The van der Waals surface area contributed by atoms with E-state index in [0.717, 1.165) is 26.2 Å². The van der Waals surface area contributed by atoms with Crippen molar-refractivity contribution in [2.45, 2.75) is 0 Å². The van der Waals surface area contributed by atoms with Gasteiger partial charge in [-0.2, -0.15) is 0 Å². The van der Waals surface area contributed by atoms with Crippen LogP contribution in [0.4, 0.5) is 0 Å². The number of nitrogens with one attached hydrogen (secondary N) is 1. The van der Waals surface area contributed by atoms with Crippen molar-refractivity contribution in [1.82, 2.24) is 20.2 Å². The molecule has 2 aliphatic heterocycles. The molecule has 16 heavy (non-hydrogen) atoms. The van der Waals surface area contributed by atoms with Crippen molar-refractivity contribution >= 4 is 5.91 Å². The van der Waals surface area contributed by atoms with Gasteiger partial charge >= 0.3 is 0 Å². The van der Waals surface area contributed by atoms with Crippen molar-refractivity contribution < 1.29 is 4.79 Å². The lowest BCUT2D eigenvalue weighted by molar-refractivity contribution is 0.0781. The molecule has 2 saturated heterocycles. The lowest BCUT2D eigenvalue weighted by Crippen LogP contribution is -2.31. The summed E-state index contributed by atoms with van der Waals surface area (Å²) in [4.78, 5) is 21.8. The fourth-order valence-corrected chi connectivity index (χ4v) is 2.61. The Bertz CT molecular complexity index is 382. The fraction of sp³-hybridized carbons (Fsp3) is 0.545. The van der Waals surface area contributed by atoms with Gasteiger partial charge in [0.05, 0.1) is 5.56 Å². The number of aromatic nitrogens is 2. The SMILES string of the molecule is O=C(c1cncnc1)N1C[C@H]2CNC[C@H]2C1. The van der Waals surface area contributed by atoms with E-state index in [1.807, 2.05) is 4.90 Å². The largest absolute Gasteiger partial charge is 0.338 e. The summed E-state index contributed by atoms with van der Waals surface area (Å²) in [6.45, 7) is 3.82. The topological polar surface area (TPSA) is 58.1 Å². The third-order valence-corrected chi connectivity index (χ3v) is 3.48. The maximum absolute atomic E-state index is 12.1. The maximum Gasteiger partial charge on any atom is 0.257 e. The van der Waals surface area contributed by atoms with Crippen molar-refractivity contribution in [3.05, 3.63) is 24.3 Å². The summed E-state index contributed by atoms with van der Waals surface area (Å²) in [7, 11) is 0. The molecule has 1 aromatic heterocycles. The van der Waals surface area contributed by atoms with Crippen LogP contribution in [0.1, 0.15) is 10.4 Å². The van der Waals surface area contributed by atoms with Crippen molar-refractivity contribution in [2.24, 2.45) is 11.8 Å². The Balaban J connectivity index is 1.73. The predicted molar refractivity (Wildman–Crippen MR) is 57.8 cm³/mol. The van der Waals surface area contributed by atoms with Gasteiger partial charge in [-0.1, -0.05) is 0 Å². The van der Waals surface area contributed by atoms with E-state index < -0.39 is 0 Å². The van der Waals surface area contributed by atoms with Gasteiger partial charge in [-0.05, 0) is 11.8 Å². The van der Waals surface area contributed by atoms with E-state index in [-0.39, 0.29) is 5.91 Å². The zero-order chi connectivity index (χ0) is 11.0. The summed E-state index contributed by atoms with van der Waals surface area (Å²) in [5.74, 6) is 1.33. The highest BCUT2D eigenvalue weighted by Gasteiger charge is 2.38. The number of amides is 1. The minimum Gasteiger partial charge on any atom is -0.338 e. The van der Waals surface area contributed by atoms with Crippen LogP contribution in [0.2, 0.25) is 0 Å². The van der Waals surface area contributed by atoms with Gasteiger partial charge in [-0.3, -0.25) is 4.79 Å². The molecule has 2 atom stereocenters. The Labute approximate surface area is 93.9 Å². The third-order valence-electron chi connectivity index (χ3n) is 3.48. The highest BCUT2D eigenvalue weighted by atomic mass is 16.2. The Morgan fingerprint density at radius 3 is 2.50 bits per heavy atom. The molecule has 2 aliphatic rings. The second-order valence-electron chi connectivity index (χ2n) is 4.52. The molecule has 5 heteroatoms. The van der Waals surface area contributed by atoms with Gasteiger partial charge < -0.3 is 10.2 Å². The average molecular weight is 218 g/mol. The molecule has 0 aliphatic carbocycles. The van der Waals surface area contributed by atoms with Crippen molar-refractivity contribution in [2.75, 3.05) is 26.2 Å². The number of likely N-dealkylation sites (tertiary alicyclic amines) is 1. The number of hydrogen-bond donors (Lipinski definition) is 1. The molecule has 0 unspecified atom stereocenters. The summed E-state index contributed by atoms with van der Waals surface area (Å²) in [6, 6.07) is 0. The van der Waals surface area contributed by atoms with Crippen LogP contribution in [0.5, 0.6) is 0 Å². The summed E-state index contributed by atoms with van der Waals surface area (Å²) in [5, 5.41) is 3.36. The molecule has 0 bridgehead atoms. The minimum absolute atomic E-state index is 0.0648. The number of carbonyl (C=O) groups excluding carboxylic acids is 1. The molecule has 0 aromatic carbocycles. The van der Waals surface area contributed by atoms with E-state index in [1.165, 1.54) is 6.33 Å². The zero-order valence-electron chi connectivity index (χ0n) is 8.97. The lowest BCUT2D eigenvalue weighted by Gasteiger charge is -2.16. The molecule has 0 spiro atoms. The van der Waals surface area contributed by atoms with Crippen LogP contribution in [0.15, 0.2) is 18.7 Å². The van der Waals surface area contributed by atoms with E-state index in [2.05, 4.69) is 15.3 Å².